The van der Waals surface area contributed by atoms with Crippen LogP contribution >= 0.6 is 0 Å². The minimum Gasteiger partial charge on any atom is -0.357 e. The van der Waals surface area contributed by atoms with Gasteiger partial charge in [0.2, 0.25) is 5.91 Å². The van der Waals surface area contributed by atoms with Gasteiger partial charge in [0.15, 0.2) is 0 Å². The second-order valence-electron chi connectivity index (χ2n) is 5.61. The van der Waals surface area contributed by atoms with Gasteiger partial charge in [-0.05, 0) is 24.6 Å². The molecule has 7 nitrogen and oxygen atoms in total. The highest BCUT2D eigenvalue weighted by molar-refractivity contribution is 5.92. The molecule has 23 heavy (non-hydrogen) atoms. The van der Waals surface area contributed by atoms with Crippen LogP contribution in [-0.4, -0.2) is 62.6 Å². The van der Waals surface area contributed by atoms with Crippen molar-refractivity contribution in [2.75, 3.05) is 26.2 Å². The molecular weight excluding hydrogens is 294 g/mol. The highest BCUT2D eigenvalue weighted by atomic mass is 16.2. The molecule has 0 bridgehead atoms. The van der Waals surface area contributed by atoms with Gasteiger partial charge in [0, 0.05) is 44.8 Å². The first-order chi connectivity index (χ1) is 11.2. The van der Waals surface area contributed by atoms with E-state index in [-0.39, 0.29) is 17.9 Å². The summed E-state index contributed by atoms with van der Waals surface area (Å²) in [6.07, 6.45) is 5.94. The summed E-state index contributed by atoms with van der Waals surface area (Å²) >= 11 is 0. The number of nitrogens with zero attached hydrogens (tertiary/aromatic N) is 4. The van der Waals surface area contributed by atoms with E-state index in [2.05, 4.69) is 10.1 Å². The average Bonchev–Trinajstić information content (AvgIpc) is 3.29. The number of amides is 2. The fourth-order valence-corrected chi connectivity index (χ4v) is 2.91. The number of H-pyrrole nitrogens is 1. The molecule has 0 saturated carbocycles. The van der Waals surface area contributed by atoms with Crippen molar-refractivity contribution in [1.29, 1.82) is 0 Å². The summed E-state index contributed by atoms with van der Waals surface area (Å²) in [6, 6.07) is 5.13. The Labute approximate surface area is 134 Å². The van der Waals surface area contributed by atoms with E-state index in [0.717, 1.165) is 0 Å². The maximum Gasteiger partial charge on any atom is 0.270 e. The van der Waals surface area contributed by atoms with Gasteiger partial charge >= 0.3 is 0 Å². The van der Waals surface area contributed by atoms with E-state index < -0.39 is 0 Å². The first kappa shape index (κ1) is 15.3. The van der Waals surface area contributed by atoms with E-state index in [1.807, 2.05) is 30.2 Å². The van der Waals surface area contributed by atoms with Crippen LogP contribution in [0.2, 0.25) is 0 Å². The van der Waals surface area contributed by atoms with Crippen LogP contribution in [0.5, 0.6) is 0 Å². The van der Waals surface area contributed by atoms with E-state index >= 15 is 0 Å². The first-order valence-electron chi connectivity index (χ1n) is 7.91. The van der Waals surface area contributed by atoms with Crippen molar-refractivity contribution >= 4 is 11.8 Å². The summed E-state index contributed by atoms with van der Waals surface area (Å²) in [5.41, 5.74) is 0.591. The molecule has 2 aromatic heterocycles. The molecule has 1 aliphatic rings. The van der Waals surface area contributed by atoms with Crippen LogP contribution < -0.4 is 0 Å². The molecule has 1 saturated heterocycles. The Morgan fingerprint density at radius 1 is 1.22 bits per heavy atom. The van der Waals surface area contributed by atoms with Crippen LogP contribution in [0.4, 0.5) is 0 Å². The van der Waals surface area contributed by atoms with E-state index in [4.69, 9.17) is 0 Å². The summed E-state index contributed by atoms with van der Waals surface area (Å²) in [5.74, 6) is 0.0596. The zero-order valence-corrected chi connectivity index (χ0v) is 13.2. The first-order valence-corrected chi connectivity index (χ1v) is 7.91. The third-order valence-corrected chi connectivity index (χ3v) is 4.22. The molecule has 122 valence electrons. The smallest absolute Gasteiger partial charge is 0.270 e. The third-order valence-electron chi connectivity index (χ3n) is 4.22. The molecule has 0 aromatic carbocycles. The highest BCUT2D eigenvalue weighted by Crippen LogP contribution is 2.16. The van der Waals surface area contributed by atoms with Gasteiger partial charge in [-0.2, -0.15) is 5.10 Å². The molecule has 1 N–H and O–H groups in total. The van der Waals surface area contributed by atoms with Gasteiger partial charge < -0.3 is 14.8 Å². The van der Waals surface area contributed by atoms with Crippen molar-refractivity contribution in [3.63, 3.8) is 0 Å². The fraction of sp³-hybridized carbons (Fsp3) is 0.438. The lowest BCUT2D eigenvalue weighted by Crippen LogP contribution is -2.52. The van der Waals surface area contributed by atoms with Crippen LogP contribution in [0.3, 0.4) is 0 Å². The highest BCUT2D eigenvalue weighted by Gasteiger charge is 2.29. The lowest BCUT2D eigenvalue weighted by Gasteiger charge is -2.36. The lowest BCUT2D eigenvalue weighted by molar-refractivity contribution is -0.136. The summed E-state index contributed by atoms with van der Waals surface area (Å²) in [4.78, 5) is 31.5. The zero-order chi connectivity index (χ0) is 16.2. The quantitative estimate of drug-likeness (QED) is 0.919. The van der Waals surface area contributed by atoms with Gasteiger partial charge in [0.1, 0.15) is 11.7 Å². The number of hydrogen-bond acceptors (Lipinski definition) is 3. The molecule has 1 fully saturated rings. The van der Waals surface area contributed by atoms with E-state index in [1.54, 1.807) is 28.0 Å². The Morgan fingerprint density at radius 2 is 1.96 bits per heavy atom. The number of rotatable bonds is 4. The van der Waals surface area contributed by atoms with Crippen LogP contribution in [0.15, 0.2) is 36.8 Å². The van der Waals surface area contributed by atoms with Crippen molar-refractivity contribution < 1.29 is 9.59 Å². The molecule has 1 aliphatic heterocycles. The molecule has 0 spiro atoms. The van der Waals surface area contributed by atoms with Crippen molar-refractivity contribution in [2.45, 2.75) is 19.4 Å². The monoisotopic (exact) mass is 315 g/mol. The van der Waals surface area contributed by atoms with Gasteiger partial charge in [-0.1, -0.05) is 6.92 Å². The predicted octanol–water partition coefficient (Wildman–Crippen LogP) is 1.15. The molecule has 1 atom stereocenters. The molecule has 2 aromatic rings. The van der Waals surface area contributed by atoms with Gasteiger partial charge in [-0.3, -0.25) is 14.3 Å². The molecular formula is C16H21N5O2. The number of carbonyl (C=O) groups is 2. The molecule has 0 radical (unpaired) electrons. The van der Waals surface area contributed by atoms with Gasteiger partial charge in [-0.25, -0.2) is 0 Å². The maximum atomic E-state index is 12.7. The minimum absolute atomic E-state index is 0.0128. The second kappa shape index (κ2) is 6.68. The molecule has 0 unspecified atom stereocenters. The van der Waals surface area contributed by atoms with Crippen LogP contribution in [-0.2, 0) is 4.79 Å². The SMILES string of the molecule is CC[C@@H](C(=O)N1CCN(C(=O)c2ccc[nH]2)CC1)n1cccn1. The van der Waals surface area contributed by atoms with Crippen LogP contribution in [0.25, 0.3) is 0 Å². The molecule has 2 amide bonds. The normalized spacial score (nSPS) is 16.4. The Bertz CT molecular complexity index is 642. The largest absolute Gasteiger partial charge is 0.357 e. The zero-order valence-electron chi connectivity index (χ0n) is 13.2. The van der Waals surface area contributed by atoms with E-state index in [1.165, 1.54) is 0 Å². The minimum atomic E-state index is -0.268. The van der Waals surface area contributed by atoms with Crippen LogP contribution in [0.1, 0.15) is 29.9 Å². The topological polar surface area (TPSA) is 74.2 Å². The van der Waals surface area contributed by atoms with Crippen molar-refractivity contribution in [2.24, 2.45) is 0 Å². The van der Waals surface area contributed by atoms with Crippen LogP contribution in [0, 0.1) is 0 Å². The summed E-state index contributed by atoms with van der Waals surface area (Å²) in [7, 11) is 0. The van der Waals surface area contributed by atoms with Crippen molar-refractivity contribution in [3.8, 4) is 0 Å². The number of aromatic amines is 1. The summed E-state index contributed by atoms with van der Waals surface area (Å²) in [5, 5.41) is 4.18. The fourth-order valence-electron chi connectivity index (χ4n) is 2.91. The Hall–Kier alpha value is -2.57. The van der Waals surface area contributed by atoms with Crippen molar-refractivity contribution in [1.82, 2.24) is 24.6 Å². The number of aromatic nitrogens is 3. The molecule has 7 heteroatoms. The predicted molar refractivity (Wildman–Crippen MR) is 84.8 cm³/mol. The average molecular weight is 315 g/mol. The van der Waals surface area contributed by atoms with E-state index in [0.29, 0.717) is 38.3 Å². The summed E-state index contributed by atoms with van der Waals surface area (Å²) in [6.45, 7) is 4.21. The number of nitrogens with one attached hydrogen (secondary N) is 1. The Balaban J connectivity index is 1.60. The number of piperazine rings is 1. The molecule has 0 aliphatic carbocycles. The van der Waals surface area contributed by atoms with Gasteiger partial charge in [0.05, 0.1) is 0 Å². The second-order valence-corrected chi connectivity index (χ2v) is 5.61. The third kappa shape index (κ3) is 3.13. The lowest BCUT2D eigenvalue weighted by atomic mass is 10.1. The number of carbonyl (C=O) groups excluding carboxylic acids is 2. The molecule has 3 heterocycles. The standard InChI is InChI=1S/C16H21N5O2/c1-2-14(21-8-4-7-18-21)16(23)20-11-9-19(10-12-20)15(22)13-5-3-6-17-13/h3-8,14,17H,2,9-12H2,1H3/t14-/m0/s1. The Kier molecular flexibility index (Phi) is 4.45. The van der Waals surface area contributed by atoms with Gasteiger partial charge in [-0.15, -0.1) is 0 Å². The Morgan fingerprint density at radius 3 is 2.52 bits per heavy atom. The van der Waals surface area contributed by atoms with Gasteiger partial charge in [0.25, 0.3) is 5.91 Å². The number of hydrogen-bond donors (Lipinski definition) is 1. The van der Waals surface area contributed by atoms with Crippen molar-refractivity contribution in [3.05, 3.63) is 42.5 Å². The maximum absolute atomic E-state index is 12.7. The summed E-state index contributed by atoms with van der Waals surface area (Å²) < 4.78 is 1.71. The van der Waals surface area contributed by atoms with E-state index in [9.17, 15) is 9.59 Å². The molecule has 3 rings (SSSR count).